The molecule has 2 aromatic rings. The molecule has 1 aliphatic rings. The Morgan fingerprint density at radius 1 is 1.27 bits per heavy atom. The molecule has 1 aromatic heterocycles. The first-order chi connectivity index (χ1) is 10.7. The summed E-state index contributed by atoms with van der Waals surface area (Å²) in [6.07, 6.45) is -0.554. The third-order valence-corrected chi connectivity index (χ3v) is 3.91. The zero-order chi connectivity index (χ0) is 15.5. The van der Waals surface area contributed by atoms with Crippen LogP contribution in [0.5, 0.6) is 0 Å². The molecule has 6 heteroatoms. The number of carbonyl (C=O) groups excluding carboxylic acids is 1. The van der Waals surface area contributed by atoms with Gasteiger partial charge < -0.3 is 14.2 Å². The van der Waals surface area contributed by atoms with Crippen LogP contribution in [0.1, 0.15) is 30.2 Å². The van der Waals surface area contributed by atoms with E-state index in [-0.39, 0.29) is 5.91 Å². The highest BCUT2D eigenvalue weighted by molar-refractivity contribution is 5.82. The number of carbonyl (C=O) groups is 1. The predicted octanol–water partition coefficient (Wildman–Crippen LogP) is 1.71. The second kappa shape index (κ2) is 6.27. The van der Waals surface area contributed by atoms with Crippen molar-refractivity contribution in [2.45, 2.75) is 33.0 Å². The van der Waals surface area contributed by atoms with Crippen LogP contribution in [0.25, 0.3) is 0 Å². The van der Waals surface area contributed by atoms with Crippen LogP contribution in [0, 0.1) is 6.92 Å². The van der Waals surface area contributed by atoms with Crippen LogP contribution in [0.3, 0.4) is 0 Å². The van der Waals surface area contributed by atoms with Crippen molar-refractivity contribution in [1.29, 1.82) is 0 Å². The molecule has 1 aliphatic heterocycles. The molecule has 0 aliphatic carbocycles. The molecule has 1 aromatic carbocycles. The van der Waals surface area contributed by atoms with Gasteiger partial charge in [0, 0.05) is 19.7 Å². The van der Waals surface area contributed by atoms with Gasteiger partial charge in [-0.25, -0.2) is 0 Å². The van der Waals surface area contributed by atoms with Gasteiger partial charge in [-0.2, -0.15) is 0 Å². The van der Waals surface area contributed by atoms with Crippen molar-refractivity contribution in [3.05, 3.63) is 47.5 Å². The maximum atomic E-state index is 12.8. The Kier molecular flexibility index (Phi) is 4.20. The molecule has 0 radical (unpaired) electrons. The van der Waals surface area contributed by atoms with E-state index in [1.54, 1.807) is 4.90 Å². The quantitative estimate of drug-likeness (QED) is 0.862. The van der Waals surface area contributed by atoms with E-state index in [4.69, 9.17) is 4.74 Å². The van der Waals surface area contributed by atoms with Gasteiger partial charge in [0.2, 0.25) is 0 Å². The minimum Gasteiger partial charge on any atom is -0.364 e. The number of amides is 1. The zero-order valence-corrected chi connectivity index (χ0v) is 12.9. The molecule has 0 saturated heterocycles. The number of nitrogens with zero attached hydrogens (tertiary/aromatic N) is 4. The molecule has 0 N–H and O–H groups in total. The molecule has 3 rings (SSSR count). The summed E-state index contributed by atoms with van der Waals surface area (Å²) in [6, 6.07) is 9.63. The van der Waals surface area contributed by atoms with Gasteiger partial charge in [0.05, 0.1) is 6.54 Å². The summed E-state index contributed by atoms with van der Waals surface area (Å²) in [5, 5.41) is 8.22. The van der Waals surface area contributed by atoms with Crippen LogP contribution in [-0.2, 0) is 22.6 Å². The molecule has 1 amide bonds. The fraction of sp³-hybridized carbons (Fsp3) is 0.438. The maximum absolute atomic E-state index is 12.8. The van der Waals surface area contributed by atoms with Gasteiger partial charge in [-0.3, -0.25) is 4.79 Å². The summed E-state index contributed by atoms with van der Waals surface area (Å²) >= 11 is 0. The van der Waals surface area contributed by atoms with Crippen LogP contribution in [-0.4, -0.2) is 38.7 Å². The molecule has 0 unspecified atom stereocenters. The third kappa shape index (κ3) is 2.74. The van der Waals surface area contributed by atoms with Gasteiger partial charge in [-0.15, -0.1) is 10.2 Å². The number of aromatic nitrogens is 3. The highest BCUT2D eigenvalue weighted by Gasteiger charge is 2.30. The molecule has 22 heavy (non-hydrogen) atoms. The van der Waals surface area contributed by atoms with Crippen LogP contribution < -0.4 is 0 Å². The fourth-order valence-electron chi connectivity index (χ4n) is 2.76. The zero-order valence-electron chi connectivity index (χ0n) is 12.9. The molecule has 0 saturated carbocycles. The molecular weight excluding hydrogens is 280 g/mol. The fourth-order valence-corrected chi connectivity index (χ4v) is 2.76. The minimum atomic E-state index is -0.554. The lowest BCUT2D eigenvalue weighted by molar-refractivity contribution is -0.145. The van der Waals surface area contributed by atoms with Crippen molar-refractivity contribution in [2.75, 3.05) is 13.2 Å². The first kappa shape index (κ1) is 14.7. The van der Waals surface area contributed by atoms with Crippen molar-refractivity contribution >= 4 is 5.91 Å². The topological polar surface area (TPSA) is 60.2 Å². The van der Waals surface area contributed by atoms with Crippen molar-refractivity contribution < 1.29 is 9.53 Å². The Hall–Kier alpha value is -2.21. The number of benzene rings is 1. The van der Waals surface area contributed by atoms with Gasteiger partial charge in [-0.1, -0.05) is 30.3 Å². The van der Waals surface area contributed by atoms with Gasteiger partial charge >= 0.3 is 0 Å². The second-order valence-electron chi connectivity index (χ2n) is 5.32. The average molecular weight is 300 g/mol. The molecule has 0 bridgehead atoms. The van der Waals surface area contributed by atoms with E-state index in [2.05, 4.69) is 14.8 Å². The number of fused-ring (bicyclic) bond motifs is 1. The smallest absolute Gasteiger partial charge is 0.256 e. The number of aryl methyl sites for hydroxylation is 1. The highest BCUT2D eigenvalue weighted by Crippen LogP contribution is 2.22. The molecule has 0 spiro atoms. The van der Waals surface area contributed by atoms with Gasteiger partial charge in [0.15, 0.2) is 11.9 Å². The lowest BCUT2D eigenvalue weighted by Crippen LogP contribution is -2.41. The van der Waals surface area contributed by atoms with Gasteiger partial charge in [-0.05, 0) is 19.4 Å². The average Bonchev–Trinajstić information content (AvgIpc) is 2.93. The summed E-state index contributed by atoms with van der Waals surface area (Å²) in [6.45, 7) is 6.19. The van der Waals surface area contributed by atoms with Gasteiger partial charge in [0.25, 0.3) is 5.91 Å². The van der Waals surface area contributed by atoms with Crippen molar-refractivity contribution in [1.82, 2.24) is 19.7 Å². The highest BCUT2D eigenvalue weighted by atomic mass is 16.5. The summed E-state index contributed by atoms with van der Waals surface area (Å²) in [7, 11) is 0. The first-order valence-electron chi connectivity index (χ1n) is 7.54. The Labute approximate surface area is 129 Å². The van der Waals surface area contributed by atoms with Crippen LogP contribution in [0.15, 0.2) is 30.3 Å². The SMILES string of the molecule is CCO[C@@H](C(=O)N1CCn2c(C)nnc2C1)c1ccccc1. The first-order valence-corrected chi connectivity index (χ1v) is 7.54. The molecule has 1 atom stereocenters. The summed E-state index contributed by atoms with van der Waals surface area (Å²) in [4.78, 5) is 14.7. The number of hydrogen-bond donors (Lipinski definition) is 0. The third-order valence-electron chi connectivity index (χ3n) is 3.91. The van der Waals surface area contributed by atoms with E-state index in [1.807, 2.05) is 44.2 Å². The monoisotopic (exact) mass is 300 g/mol. The standard InChI is InChI=1S/C16H20N4O2/c1-3-22-15(13-7-5-4-6-8-13)16(21)19-9-10-20-12(2)17-18-14(20)11-19/h4-8,15H,3,9-11H2,1-2H3/t15-/m1/s1. The summed E-state index contributed by atoms with van der Waals surface area (Å²) in [5.74, 6) is 1.71. The van der Waals surface area contributed by atoms with Crippen molar-refractivity contribution in [2.24, 2.45) is 0 Å². The van der Waals surface area contributed by atoms with Crippen LogP contribution >= 0.6 is 0 Å². The number of hydrogen-bond acceptors (Lipinski definition) is 4. The molecule has 6 nitrogen and oxygen atoms in total. The normalized spacial score (nSPS) is 15.5. The van der Waals surface area contributed by atoms with Crippen molar-refractivity contribution in [3.63, 3.8) is 0 Å². The van der Waals surface area contributed by atoms with Crippen molar-refractivity contribution in [3.8, 4) is 0 Å². The van der Waals surface area contributed by atoms with E-state index in [1.165, 1.54) is 0 Å². The lowest BCUT2D eigenvalue weighted by Gasteiger charge is -2.30. The van der Waals surface area contributed by atoms with E-state index >= 15 is 0 Å². The number of ether oxygens (including phenoxy) is 1. The van der Waals surface area contributed by atoms with Gasteiger partial charge in [0.1, 0.15) is 5.82 Å². The molecule has 2 heterocycles. The molecule has 116 valence electrons. The van der Waals surface area contributed by atoms with Crippen LogP contribution in [0.4, 0.5) is 0 Å². The second-order valence-corrected chi connectivity index (χ2v) is 5.32. The van der Waals surface area contributed by atoms with Crippen LogP contribution in [0.2, 0.25) is 0 Å². The Balaban J connectivity index is 1.80. The predicted molar refractivity (Wildman–Crippen MR) is 81.0 cm³/mol. The van der Waals surface area contributed by atoms with E-state index in [0.29, 0.717) is 19.7 Å². The number of rotatable bonds is 4. The Bertz CT molecular complexity index is 653. The van der Waals surface area contributed by atoms with E-state index in [0.717, 1.165) is 23.8 Å². The maximum Gasteiger partial charge on any atom is 0.256 e. The summed E-state index contributed by atoms with van der Waals surface area (Å²) in [5.41, 5.74) is 0.887. The van der Waals surface area contributed by atoms with E-state index in [9.17, 15) is 4.79 Å². The lowest BCUT2D eigenvalue weighted by atomic mass is 10.1. The molecular formula is C16H20N4O2. The summed E-state index contributed by atoms with van der Waals surface area (Å²) < 4.78 is 7.76. The molecule has 0 fully saturated rings. The Morgan fingerprint density at radius 3 is 2.77 bits per heavy atom. The Morgan fingerprint density at radius 2 is 2.05 bits per heavy atom. The van der Waals surface area contributed by atoms with E-state index < -0.39 is 6.10 Å². The minimum absolute atomic E-state index is 0.0139. The largest absolute Gasteiger partial charge is 0.364 e.